The maximum atomic E-state index is 5.26. The third kappa shape index (κ3) is 5.63. The molecule has 1 aliphatic rings. The van der Waals surface area contributed by atoms with Crippen molar-refractivity contribution in [2.24, 2.45) is 9.98 Å². The van der Waals surface area contributed by atoms with Crippen LogP contribution in [0.25, 0.3) is 55.1 Å². The molecule has 50 heavy (non-hydrogen) atoms. The van der Waals surface area contributed by atoms with E-state index in [2.05, 4.69) is 163 Å². The number of nitrogens with one attached hydrogen (secondary N) is 1. The summed E-state index contributed by atoms with van der Waals surface area (Å²) in [7, 11) is 0. The van der Waals surface area contributed by atoms with Gasteiger partial charge in [-0.05, 0) is 68.4 Å². The summed E-state index contributed by atoms with van der Waals surface area (Å²) in [5.41, 5.74) is 10.7. The highest BCUT2D eigenvalue weighted by atomic mass is 15.2. The van der Waals surface area contributed by atoms with Gasteiger partial charge in [-0.15, -0.1) is 0 Å². The molecule has 1 atom stereocenters. The van der Waals surface area contributed by atoms with Crippen LogP contribution in [0.3, 0.4) is 0 Å². The van der Waals surface area contributed by atoms with Crippen molar-refractivity contribution in [2.75, 3.05) is 0 Å². The lowest BCUT2D eigenvalue weighted by Gasteiger charge is -2.24. The van der Waals surface area contributed by atoms with E-state index in [1.54, 1.807) is 0 Å². The number of hydrogen-bond acceptors (Lipinski definition) is 4. The molecular weight excluding hydrogens is 609 g/mol. The molecule has 1 unspecified atom stereocenters. The Kier molecular flexibility index (Phi) is 7.52. The summed E-state index contributed by atoms with van der Waals surface area (Å²) >= 11 is 0. The van der Waals surface area contributed by atoms with Gasteiger partial charge in [-0.25, -0.2) is 9.98 Å². The van der Waals surface area contributed by atoms with E-state index >= 15 is 0 Å². The molecule has 7 aromatic carbocycles. The minimum Gasteiger partial charge on any atom is -0.344 e. The molecular formula is C46H32N4. The van der Waals surface area contributed by atoms with Crippen molar-refractivity contribution in [1.82, 2.24) is 10.3 Å². The lowest BCUT2D eigenvalue weighted by atomic mass is 9.92. The van der Waals surface area contributed by atoms with Crippen LogP contribution < -0.4 is 5.32 Å². The van der Waals surface area contributed by atoms with Gasteiger partial charge in [-0.3, -0.25) is 4.98 Å². The van der Waals surface area contributed by atoms with E-state index in [-0.39, 0.29) is 6.17 Å². The monoisotopic (exact) mass is 640 g/mol. The SMILES string of the molecule is c1ccc(-c2ccc(C3=NC(c4cc(-c5cccc6ccccc56)cc(-c5cccc6cccnc56)c4)=NC(c4ccccc4)N3)cc2)cc1. The Balaban J connectivity index is 1.23. The molecule has 4 heteroatoms. The van der Waals surface area contributed by atoms with Crippen LogP contribution in [0.1, 0.15) is 22.9 Å². The number of pyridine rings is 1. The summed E-state index contributed by atoms with van der Waals surface area (Å²) in [4.78, 5) is 15.3. The fourth-order valence-corrected chi connectivity index (χ4v) is 6.86. The zero-order valence-electron chi connectivity index (χ0n) is 27.2. The average molecular weight is 641 g/mol. The van der Waals surface area contributed by atoms with E-state index in [1.807, 2.05) is 24.4 Å². The topological polar surface area (TPSA) is 49.6 Å². The number of fused-ring (bicyclic) bond motifs is 2. The van der Waals surface area contributed by atoms with Crippen molar-refractivity contribution >= 4 is 33.3 Å². The number of aromatic nitrogens is 1. The molecule has 0 spiro atoms. The molecule has 0 radical (unpaired) electrons. The molecule has 1 aliphatic heterocycles. The van der Waals surface area contributed by atoms with E-state index < -0.39 is 0 Å². The minimum atomic E-state index is -0.309. The maximum absolute atomic E-state index is 5.26. The first-order valence-corrected chi connectivity index (χ1v) is 16.9. The van der Waals surface area contributed by atoms with Crippen LogP contribution in [0, 0.1) is 0 Å². The third-order valence-corrected chi connectivity index (χ3v) is 9.36. The number of hydrogen-bond donors (Lipinski definition) is 1. The van der Waals surface area contributed by atoms with Crippen molar-refractivity contribution < 1.29 is 0 Å². The van der Waals surface area contributed by atoms with Gasteiger partial charge < -0.3 is 5.32 Å². The second-order valence-electron chi connectivity index (χ2n) is 12.5. The van der Waals surface area contributed by atoms with Gasteiger partial charge in [0.05, 0.1) is 5.52 Å². The fourth-order valence-electron chi connectivity index (χ4n) is 6.86. The first kappa shape index (κ1) is 29.5. The third-order valence-electron chi connectivity index (χ3n) is 9.36. The highest BCUT2D eigenvalue weighted by Crippen LogP contribution is 2.36. The maximum Gasteiger partial charge on any atom is 0.159 e. The van der Waals surface area contributed by atoms with Crippen LogP contribution in [-0.2, 0) is 0 Å². The molecule has 4 nitrogen and oxygen atoms in total. The van der Waals surface area contributed by atoms with Crippen molar-refractivity contribution in [1.29, 1.82) is 0 Å². The first-order valence-electron chi connectivity index (χ1n) is 16.9. The highest BCUT2D eigenvalue weighted by Gasteiger charge is 2.22. The van der Waals surface area contributed by atoms with E-state index in [0.29, 0.717) is 5.84 Å². The molecule has 0 aliphatic carbocycles. The molecule has 1 N–H and O–H groups in total. The molecule has 0 saturated heterocycles. The van der Waals surface area contributed by atoms with Gasteiger partial charge in [0.15, 0.2) is 5.84 Å². The predicted octanol–water partition coefficient (Wildman–Crippen LogP) is 10.9. The Morgan fingerprint density at radius 2 is 1.04 bits per heavy atom. The summed E-state index contributed by atoms with van der Waals surface area (Å²) in [5, 5.41) is 7.14. The Bertz CT molecular complexity index is 2450. The standard InChI is InChI=1S/C46H32N4/c1-3-12-31(13-4-1)32-23-25-36(26-24-32)45-48-44(35-15-5-2-6-16-35)49-46(50-45)39-29-37(41-21-9-17-33-14-7-8-20-40(33)41)28-38(30-39)42-22-10-18-34-19-11-27-47-43(34)42/h1-30,44H,(H,48,49,50). The van der Waals surface area contributed by atoms with Crippen LogP contribution in [0.2, 0.25) is 0 Å². The summed E-state index contributed by atoms with van der Waals surface area (Å²) in [5.74, 6) is 1.46. The second kappa shape index (κ2) is 12.8. The van der Waals surface area contributed by atoms with Crippen LogP contribution in [0.4, 0.5) is 0 Å². The summed E-state index contributed by atoms with van der Waals surface area (Å²) < 4.78 is 0. The van der Waals surface area contributed by atoms with Gasteiger partial charge in [-0.1, -0.05) is 152 Å². The van der Waals surface area contributed by atoms with E-state index in [4.69, 9.17) is 15.0 Å². The molecule has 0 amide bonds. The zero-order chi connectivity index (χ0) is 33.3. The van der Waals surface area contributed by atoms with E-state index in [1.165, 1.54) is 16.3 Å². The van der Waals surface area contributed by atoms with Crippen LogP contribution in [0.5, 0.6) is 0 Å². The van der Waals surface area contributed by atoms with Gasteiger partial charge in [-0.2, -0.15) is 0 Å². The fraction of sp³-hybridized carbons (Fsp3) is 0.0217. The Labute approximate surface area is 291 Å². The van der Waals surface area contributed by atoms with Gasteiger partial charge in [0.25, 0.3) is 0 Å². The Morgan fingerprint density at radius 3 is 1.86 bits per heavy atom. The van der Waals surface area contributed by atoms with Crippen LogP contribution >= 0.6 is 0 Å². The number of benzene rings is 7. The largest absolute Gasteiger partial charge is 0.344 e. The highest BCUT2D eigenvalue weighted by molar-refractivity contribution is 6.14. The second-order valence-corrected chi connectivity index (χ2v) is 12.5. The van der Waals surface area contributed by atoms with E-state index in [9.17, 15) is 0 Å². The Hall–Kier alpha value is -6.65. The molecule has 8 aromatic rings. The smallest absolute Gasteiger partial charge is 0.159 e. The van der Waals surface area contributed by atoms with Gasteiger partial charge in [0, 0.05) is 28.3 Å². The number of aliphatic imine (C=N–C) groups is 2. The lowest BCUT2D eigenvalue weighted by molar-refractivity contribution is 0.674. The summed E-state index contributed by atoms with van der Waals surface area (Å²) in [6, 6.07) is 61.6. The van der Waals surface area contributed by atoms with Crippen LogP contribution in [0.15, 0.2) is 192 Å². The number of nitrogens with zero attached hydrogens (tertiary/aromatic N) is 3. The molecule has 2 heterocycles. The van der Waals surface area contributed by atoms with Crippen LogP contribution in [-0.4, -0.2) is 16.7 Å². The van der Waals surface area contributed by atoms with E-state index in [0.717, 1.165) is 61.2 Å². The summed E-state index contributed by atoms with van der Waals surface area (Å²) in [6.07, 6.45) is 1.55. The number of amidine groups is 2. The van der Waals surface area contributed by atoms with Crippen molar-refractivity contribution in [2.45, 2.75) is 6.17 Å². The van der Waals surface area contributed by atoms with Gasteiger partial charge >= 0.3 is 0 Å². The predicted molar refractivity (Wildman–Crippen MR) is 207 cm³/mol. The van der Waals surface area contributed by atoms with Crippen molar-refractivity contribution in [3.63, 3.8) is 0 Å². The van der Waals surface area contributed by atoms with Gasteiger partial charge in [0.1, 0.15) is 12.0 Å². The molecule has 1 aromatic heterocycles. The quantitative estimate of drug-likeness (QED) is 0.197. The minimum absolute atomic E-state index is 0.309. The summed E-state index contributed by atoms with van der Waals surface area (Å²) in [6.45, 7) is 0. The Morgan fingerprint density at radius 1 is 0.440 bits per heavy atom. The number of para-hydroxylation sites is 1. The molecule has 0 saturated carbocycles. The van der Waals surface area contributed by atoms with Gasteiger partial charge in [0.2, 0.25) is 0 Å². The average Bonchev–Trinajstić information content (AvgIpc) is 3.21. The first-order chi connectivity index (χ1) is 24.8. The zero-order valence-corrected chi connectivity index (χ0v) is 27.2. The van der Waals surface area contributed by atoms with Crippen molar-refractivity contribution in [3.05, 3.63) is 199 Å². The molecule has 9 rings (SSSR count). The lowest BCUT2D eigenvalue weighted by Crippen LogP contribution is -2.33. The molecule has 0 fully saturated rings. The van der Waals surface area contributed by atoms with Crippen molar-refractivity contribution in [3.8, 4) is 33.4 Å². The normalized spacial score (nSPS) is 14.2. The molecule has 0 bridgehead atoms. The molecule has 236 valence electrons. The number of rotatable bonds is 6.